The molecule has 0 saturated heterocycles. The Hall–Kier alpha value is -3.33. The molecule has 28 heavy (non-hydrogen) atoms. The quantitative estimate of drug-likeness (QED) is 0.535. The highest BCUT2D eigenvalue weighted by molar-refractivity contribution is 7.12. The second-order valence-electron chi connectivity index (χ2n) is 5.63. The van der Waals surface area contributed by atoms with Gasteiger partial charge in [-0.05, 0) is 41.8 Å². The number of anilines is 2. The number of hydrazine groups is 1. The van der Waals surface area contributed by atoms with E-state index in [0.717, 1.165) is 12.1 Å². The Balaban J connectivity index is 1.71. The molecule has 0 radical (unpaired) electrons. The van der Waals surface area contributed by atoms with Crippen LogP contribution in [0.25, 0.3) is 0 Å². The molecule has 0 unspecified atom stereocenters. The number of nitrogens with one attached hydrogen (secondary N) is 3. The summed E-state index contributed by atoms with van der Waals surface area (Å²) in [6.07, 6.45) is -4.49. The molecule has 0 bridgehead atoms. The van der Waals surface area contributed by atoms with Gasteiger partial charge in [-0.25, -0.2) is 0 Å². The second-order valence-corrected chi connectivity index (χ2v) is 6.58. The number of benzene rings is 2. The van der Waals surface area contributed by atoms with Crippen molar-refractivity contribution in [2.45, 2.75) is 6.18 Å². The molecule has 2 aromatic carbocycles. The zero-order chi connectivity index (χ0) is 20.1. The van der Waals surface area contributed by atoms with Gasteiger partial charge in [-0.3, -0.25) is 20.4 Å². The van der Waals surface area contributed by atoms with Gasteiger partial charge in [0.1, 0.15) is 0 Å². The normalized spacial score (nSPS) is 11.0. The van der Waals surface area contributed by atoms with Gasteiger partial charge in [0.25, 0.3) is 11.8 Å². The molecule has 144 valence electrons. The van der Waals surface area contributed by atoms with Crippen LogP contribution >= 0.6 is 11.3 Å². The Bertz CT molecular complexity index is 988. The van der Waals surface area contributed by atoms with Crippen LogP contribution in [-0.2, 0) is 6.18 Å². The fraction of sp³-hybridized carbons (Fsp3) is 0.0526. The van der Waals surface area contributed by atoms with E-state index in [1.165, 1.54) is 29.5 Å². The van der Waals surface area contributed by atoms with Crippen molar-refractivity contribution in [2.24, 2.45) is 0 Å². The number of carbonyl (C=O) groups excluding carboxylic acids is 2. The van der Waals surface area contributed by atoms with Gasteiger partial charge in [0.2, 0.25) is 0 Å². The molecule has 5 nitrogen and oxygen atoms in total. The Labute approximate surface area is 162 Å². The topological polar surface area (TPSA) is 70.2 Å². The molecule has 0 fully saturated rings. The van der Waals surface area contributed by atoms with Gasteiger partial charge in [-0.15, -0.1) is 11.3 Å². The first-order chi connectivity index (χ1) is 13.3. The molecule has 1 aromatic heterocycles. The maximum atomic E-state index is 12.8. The Morgan fingerprint density at radius 1 is 0.893 bits per heavy atom. The summed E-state index contributed by atoms with van der Waals surface area (Å²) in [5.41, 5.74) is 4.47. The van der Waals surface area contributed by atoms with Crippen LogP contribution in [0.1, 0.15) is 25.6 Å². The summed E-state index contributed by atoms with van der Waals surface area (Å²) in [4.78, 5) is 25.1. The summed E-state index contributed by atoms with van der Waals surface area (Å²) in [6.45, 7) is 0. The van der Waals surface area contributed by atoms with E-state index >= 15 is 0 Å². The number of thiophene rings is 1. The first kappa shape index (κ1) is 19.4. The van der Waals surface area contributed by atoms with E-state index in [2.05, 4.69) is 16.2 Å². The SMILES string of the molecule is O=C(Nc1ccccc1C(=O)NNc1cccc(C(F)(F)F)c1)c1cccs1. The van der Waals surface area contributed by atoms with Crippen LogP contribution in [0.2, 0.25) is 0 Å². The van der Waals surface area contributed by atoms with E-state index in [1.54, 1.807) is 35.7 Å². The van der Waals surface area contributed by atoms with Gasteiger partial charge >= 0.3 is 6.18 Å². The van der Waals surface area contributed by atoms with Gasteiger partial charge in [0.05, 0.1) is 27.4 Å². The summed E-state index contributed by atoms with van der Waals surface area (Å²) < 4.78 is 38.3. The largest absolute Gasteiger partial charge is 0.416 e. The molecule has 3 rings (SSSR count). The zero-order valence-electron chi connectivity index (χ0n) is 14.2. The lowest BCUT2D eigenvalue weighted by molar-refractivity contribution is -0.137. The van der Waals surface area contributed by atoms with Gasteiger partial charge in [0, 0.05) is 0 Å². The van der Waals surface area contributed by atoms with E-state index in [-0.39, 0.29) is 22.8 Å². The van der Waals surface area contributed by atoms with Crippen molar-refractivity contribution < 1.29 is 22.8 Å². The van der Waals surface area contributed by atoms with E-state index in [9.17, 15) is 22.8 Å². The summed E-state index contributed by atoms with van der Waals surface area (Å²) in [5.74, 6) is -0.972. The number of carbonyl (C=O) groups is 2. The van der Waals surface area contributed by atoms with Crippen molar-refractivity contribution in [3.63, 3.8) is 0 Å². The van der Waals surface area contributed by atoms with Crippen molar-refractivity contribution in [2.75, 3.05) is 10.7 Å². The molecule has 0 saturated carbocycles. The average Bonchev–Trinajstić information content (AvgIpc) is 3.21. The van der Waals surface area contributed by atoms with Crippen LogP contribution < -0.4 is 16.2 Å². The Kier molecular flexibility index (Phi) is 5.65. The smallest absolute Gasteiger partial charge is 0.321 e. The lowest BCUT2D eigenvalue weighted by atomic mass is 10.1. The molecular formula is C19H14F3N3O2S. The van der Waals surface area contributed by atoms with E-state index in [4.69, 9.17) is 0 Å². The van der Waals surface area contributed by atoms with Crippen LogP contribution in [0.15, 0.2) is 66.0 Å². The highest BCUT2D eigenvalue weighted by atomic mass is 32.1. The van der Waals surface area contributed by atoms with Crippen molar-refractivity contribution in [1.29, 1.82) is 0 Å². The summed E-state index contributed by atoms with van der Waals surface area (Å²) in [7, 11) is 0. The van der Waals surface area contributed by atoms with Crippen molar-refractivity contribution in [3.05, 3.63) is 82.0 Å². The predicted molar refractivity (Wildman–Crippen MR) is 101 cm³/mol. The maximum Gasteiger partial charge on any atom is 0.416 e. The van der Waals surface area contributed by atoms with Crippen molar-refractivity contribution in [1.82, 2.24) is 5.43 Å². The molecule has 0 aliphatic rings. The molecule has 0 aliphatic heterocycles. The Morgan fingerprint density at radius 3 is 2.39 bits per heavy atom. The number of amides is 2. The zero-order valence-corrected chi connectivity index (χ0v) is 15.0. The van der Waals surface area contributed by atoms with Crippen molar-refractivity contribution >= 4 is 34.5 Å². The van der Waals surface area contributed by atoms with Gasteiger partial charge in [0.15, 0.2) is 0 Å². The van der Waals surface area contributed by atoms with Crippen LogP contribution in [-0.4, -0.2) is 11.8 Å². The van der Waals surface area contributed by atoms with Crippen LogP contribution in [0.4, 0.5) is 24.5 Å². The predicted octanol–water partition coefficient (Wildman–Crippen LogP) is 4.78. The molecule has 0 atom stereocenters. The first-order valence-electron chi connectivity index (χ1n) is 8.02. The van der Waals surface area contributed by atoms with Crippen LogP contribution in [0, 0.1) is 0 Å². The second kappa shape index (κ2) is 8.13. The van der Waals surface area contributed by atoms with Crippen LogP contribution in [0.3, 0.4) is 0 Å². The standard InChI is InChI=1S/C19H14F3N3O2S/c20-19(21,22)12-5-3-6-13(11-12)24-25-17(26)14-7-1-2-8-15(14)23-18(27)16-9-4-10-28-16/h1-11,24H,(H,23,27)(H,25,26). The third-order valence-electron chi connectivity index (χ3n) is 3.68. The van der Waals surface area contributed by atoms with Crippen molar-refractivity contribution in [3.8, 4) is 0 Å². The average molecular weight is 405 g/mol. The molecule has 3 N–H and O–H groups in total. The lowest BCUT2D eigenvalue weighted by Gasteiger charge is -2.13. The first-order valence-corrected chi connectivity index (χ1v) is 8.90. The van der Waals surface area contributed by atoms with E-state index < -0.39 is 17.6 Å². The molecule has 3 aromatic rings. The van der Waals surface area contributed by atoms with E-state index in [0.29, 0.717) is 4.88 Å². The van der Waals surface area contributed by atoms with Gasteiger partial charge < -0.3 is 5.32 Å². The highest BCUT2D eigenvalue weighted by Crippen LogP contribution is 2.30. The monoisotopic (exact) mass is 405 g/mol. The summed E-state index contributed by atoms with van der Waals surface area (Å²) in [6, 6.07) is 14.1. The molecular weight excluding hydrogens is 391 g/mol. The lowest BCUT2D eigenvalue weighted by Crippen LogP contribution is -2.30. The fourth-order valence-electron chi connectivity index (χ4n) is 2.35. The van der Waals surface area contributed by atoms with E-state index in [1.807, 2.05) is 0 Å². The highest BCUT2D eigenvalue weighted by Gasteiger charge is 2.30. The minimum atomic E-state index is -4.49. The van der Waals surface area contributed by atoms with Crippen LogP contribution in [0.5, 0.6) is 0 Å². The molecule has 2 amide bonds. The minimum absolute atomic E-state index is 0.0725. The molecule has 0 spiro atoms. The number of hydrogen-bond donors (Lipinski definition) is 3. The number of halogens is 3. The number of rotatable bonds is 5. The van der Waals surface area contributed by atoms with Gasteiger partial charge in [-0.1, -0.05) is 24.3 Å². The summed E-state index contributed by atoms with van der Waals surface area (Å²) in [5, 5.41) is 4.41. The summed E-state index contributed by atoms with van der Waals surface area (Å²) >= 11 is 1.26. The third-order valence-corrected chi connectivity index (χ3v) is 4.54. The van der Waals surface area contributed by atoms with Gasteiger partial charge in [-0.2, -0.15) is 13.2 Å². The molecule has 0 aliphatic carbocycles. The number of para-hydroxylation sites is 1. The number of hydrogen-bond acceptors (Lipinski definition) is 4. The minimum Gasteiger partial charge on any atom is -0.321 e. The number of alkyl halides is 3. The fourth-order valence-corrected chi connectivity index (χ4v) is 2.97. The molecule has 1 heterocycles. The third kappa shape index (κ3) is 4.68. The Morgan fingerprint density at radius 2 is 1.68 bits per heavy atom. The maximum absolute atomic E-state index is 12.8. The molecule has 9 heteroatoms.